The van der Waals surface area contributed by atoms with Gasteiger partial charge in [0.15, 0.2) is 0 Å². The highest BCUT2D eigenvalue weighted by molar-refractivity contribution is 5.91. The van der Waals surface area contributed by atoms with Crippen LogP contribution in [0.1, 0.15) is 20.7 Å². The SMILES string of the molecule is COc1cc(C(=O)O)ccc1-c1ccc(-c2ccc(C(=O)O)cc2OC)cc1. The first kappa shape index (κ1) is 19.0. The summed E-state index contributed by atoms with van der Waals surface area (Å²) in [6.07, 6.45) is 0. The topological polar surface area (TPSA) is 93.1 Å². The van der Waals surface area contributed by atoms with Crippen molar-refractivity contribution in [3.63, 3.8) is 0 Å². The summed E-state index contributed by atoms with van der Waals surface area (Å²) in [5, 5.41) is 18.3. The van der Waals surface area contributed by atoms with Crippen LogP contribution < -0.4 is 9.47 Å². The Morgan fingerprint density at radius 2 is 1.00 bits per heavy atom. The maximum Gasteiger partial charge on any atom is 0.335 e. The first-order valence-corrected chi connectivity index (χ1v) is 8.38. The van der Waals surface area contributed by atoms with Gasteiger partial charge in [-0.2, -0.15) is 0 Å². The number of hydrogen-bond acceptors (Lipinski definition) is 4. The summed E-state index contributed by atoms with van der Waals surface area (Å²) >= 11 is 0. The number of rotatable bonds is 6. The van der Waals surface area contributed by atoms with Gasteiger partial charge in [0, 0.05) is 11.1 Å². The van der Waals surface area contributed by atoms with Crippen LogP contribution in [0.2, 0.25) is 0 Å². The third-order valence-electron chi connectivity index (χ3n) is 4.40. The van der Waals surface area contributed by atoms with E-state index in [4.69, 9.17) is 19.7 Å². The Morgan fingerprint density at radius 1 is 0.643 bits per heavy atom. The maximum atomic E-state index is 11.1. The summed E-state index contributed by atoms with van der Waals surface area (Å²) in [4.78, 5) is 22.3. The largest absolute Gasteiger partial charge is 0.496 e. The molecule has 0 spiro atoms. The van der Waals surface area contributed by atoms with Gasteiger partial charge in [-0.3, -0.25) is 0 Å². The molecule has 0 aliphatic rings. The average molecular weight is 378 g/mol. The van der Waals surface area contributed by atoms with Crippen molar-refractivity contribution in [3.05, 3.63) is 71.8 Å². The molecule has 0 atom stereocenters. The van der Waals surface area contributed by atoms with E-state index in [9.17, 15) is 9.59 Å². The van der Waals surface area contributed by atoms with Gasteiger partial charge in [-0.05, 0) is 47.5 Å². The van der Waals surface area contributed by atoms with E-state index in [1.54, 1.807) is 12.1 Å². The van der Waals surface area contributed by atoms with Crippen molar-refractivity contribution in [2.45, 2.75) is 0 Å². The standard InChI is InChI=1S/C22H18O6/c1-27-19-11-15(21(23)24)7-9-17(19)13-3-5-14(6-4-13)18-10-8-16(22(25)26)12-20(18)28-2/h3-12H,1-2H3,(H,23,24)(H,25,26). The van der Waals surface area contributed by atoms with E-state index in [2.05, 4.69) is 0 Å². The van der Waals surface area contributed by atoms with Gasteiger partial charge in [0.1, 0.15) is 11.5 Å². The number of benzene rings is 3. The summed E-state index contributed by atoms with van der Waals surface area (Å²) in [6, 6.07) is 17.0. The summed E-state index contributed by atoms with van der Waals surface area (Å²) in [5.74, 6) is -1.10. The molecule has 0 bridgehead atoms. The number of ether oxygens (including phenoxy) is 2. The molecule has 142 valence electrons. The third-order valence-corrected chi connectivity index (χ3v) is 4.40. The predicted octanol–water partition coefficient (Wildman–Crippen LogP) is 4.43. The second-order valence-electron chi connectivity index (χ2n) is 6.02. The maximum absolute atomic E-state index is 11.1. The molecule has 28 heavy (non-hydrogen) atoms. The van der Waals surface area contributed by atoms with Crippen molar-refractivity contribution in [1.82, 2.24) is 0 Å². The van der Waals surface area contributed by atoms with Gasteiger partial charge >= 0.3 is 11.9 Å². The van der Waals surface area contributed by atoms with Crippen LogP contribution in [0.25, 0.3) is 22.3 Å². The minimum Gasteiger partial charge on any atom is -0.496 e. The van der Waals surface area contributed by atoms with Crippen LogP contribution >= 0.6 is 0 Å². The van der Waals surface area contributed by atoms with Crippen LogP contribution in [-0.4, -0.2) is 36.4 Å². The number of carboxylic acid groups (broad SMARTS) is 2. The van der Waals surface area contributed by atoms with Crippen molar-refractivity contribution in [3.8, 4) is 33.8 Å². The van der Waals surface area contributed by atoms with Crippen molar-refractivity contribution in [2.24, 2.45) is 0 Å². The molecule has 0 fully saturated rings. The van der Waals surface area contributed by atoms with E-state index in [1.807, 2.05) is 24.3 Å². The zero-order valence-electron chi connectivity index (χ0n) is 15.3. The summed E-state index contributed by atoms with van der Waals surface area (Å²) in [6.45, 7) is 0. The van der Waals surface area contributed by atoms with Gasteiger partial charge in [0.05, 0.1) is 25.3 Å². The number of carboxylic acids is 2. The molecule has 0 amide bonds. The normalized spacial score (nSPS) is 10.4. The summed E-state index contributed by atoms with van der Waals surface area (Å²) in [5.41, 5.74) is 3.57. The molecule has 3 aromatic carbocycles. The van der Waals surface area contributed by atoms with Crippen molar-refractivity contribution >= 4 is 11.9 Å². The highest BCUT2D eigenvalue weighted by atomic mass is 16.5. The molecule has 6 nitrogen and oxygen atoms in total. The van der Waals surface area contributed by atoms with E-state index >= 15 is 0 Å². The van der Waals surface area contributed by atoms with Crippen molar-refractivity contribution < 1.29 is 29.3 Å². The lowest BCUT2D eigenvalue weighted by atomic mass is 9.97. The Hall–Kier alpha value is -3.80. The first-order valence-electron chi connectivity index (χ1n) is 8.38. The molecular weight excluding hydrogens is 360 g/mol. The van der Waals surface area contributed by atoms with Crippen LogP contribution in [0.3, 0.4) is 0 Å². The lowest BCUT2D eigenvalue weighted by molar-refractivity contribution is 0.0686. The smallest absolute Gasteiger partial charge is 0.335 e. The van der Waals surface area contributed by atoms with E-state index in [-0.39, 0.29) is 11.1 Å². The number of methoxy groups -OCH3 is 2. The highest BCUT2D eigenvalue weighted by Gasteiger charge is 2.13. The van der Waals surface area contributed by atoms with E-state index in [0.717, 1.165) is 22.3 Å². The molecule has 6 heteroatoms. The monoisotopic (exact) mass is 378 g/mol. The Kier molecular flexibility index (Phi) is 5.31. The van der Waals surface area contributed by atoms with Gasteiger partial charge in [0.25, 0.3) is 0 Å². The molecule has 0 saturated heterocycles. The molecular formula is C22H18O6. The minimum atomic E-state index is -1.02. The minimum absolute atomic E-state index is 0.153. The molecule has 0 aliphatic carbocycles. The molecule has 0 heterocycles. The summed E-state index contributed by atoms with van der Waals surface area (Å²) in [7, 11) is 2.99. The van der Waals surface area contributed by atoms with Crippen LogP contribution in [-0.2, 0) is 0 Å². The quantitative estimate of drug-likeness (QED) is 0.659. The molecule has 3 rings (SSSR count). The first-order chi connectivity index (χ1) is 13.4. The molecule has 0 aliphatic heterocycles. The van der Waals surface area contributed by atoms with Gasteiger partial charge in [0.2, 0.25) is 0 Å². The van der Waals surface area contributed by atoms with Gasteiger partial charge < -0.3 is 19.7 Å². The lowest BCUT2D eigenvalue weighted by Gasteiger charge is -2.12. The Bertz CT molecular complexity index is 953. The number of hydrogen-bond donors (Lipinski definition) is 2. The zero-order chi connectivity index (χ0) is 20.3. The van der Waals surface area contributed by atoms with Gasteiger partial charge in [-0.1, -0.05) is 24.3 Å². The van der Waals surface area contributed by atoms with Crippen LogP contribution in [0, 0.1) is 0 Å². The fourth-order valence-electron chi connectivity index (χ4n) is 2.95. The fraction of sp³-hybridized carbons (Fsp3) is 0.0909. The average Bonchev–Trinajstić information content (AvgIpc) is 2.72. The van der Waals surface area contributed by atoms with Crippen molar-refractivity contribution in [1.29, 1.82) is 0 Å². The lowest BCUT2D eigenvalue weighted by Crippen LogP contribution is -1.98. The third kappa shape index (κ3) is 3.66. The van der Waals surface area contributed by atoms with E-state index in [1.165, 1.54) is 38.5 Å². The van der Waals surface area contributed by atoms with Gasteiger partial charge in [-0.15, -0.1) is 0 Å². The predicted molar refractivity (Wildman–Crippen MR) is 104 cm³/mol. The van der Waals surface area contributed by atoms with Crippen LogP contribution in [0.15, 0.2) is 60.7 Å². The fourth-order valence-corrected chi connectivity index (χ4v) is 2.95. The zero-order valence-corrected chi connectivity index (χ0v) is 15.3. The number of carbonyl (C=O) groups is 2. The number of aromatic carboxylic acids is 2. The van der Waals surface area contributed by atoms with Crippen LogP contribution in [0.5, 0.6) is 11.5 Å². The summed E-state index contributed by atoms with van der Waals surface area (Å²) < 4.78 is 10.7. The van der Waals surface area contributed by atoms with E-state index in [0.29, 0.717) is 11.5 Å². The van der Waals surface area contributed by atoms with Gasteiger partial charge in [-0.25, -0.2) is 9.59 Å². The molecule has 0 unspecified atom stereocenters. The molecule has 0 radical (unpaired) electrons. The molecule has 0 saturated carbocycles. The van der Waals surface area contributed by atoms with Crippen LogP contribution in [0.4, 0.5) is 0 Å². The molecule has 2 N–H and O–H groups in total. The second kappa shape index (κ2) is 7.84. The molecule has 3 aromatic rings. The second-order valence-corrected chi connectivity index (χ2v) is 6.02. The van der Waals surface area contributed by atoms with Crippen molar-refractivity contribution in [2.75, 3.05) is 14.2 Å². The van der Waals surface area contributed by atoms with E-state index < -0.39 is 11.9 Å². The highest BCUT2D eigenvalue weighted by Crippen LogP contribution is 2.35. The Morgan fingerprint density at radius 3 is 1.29 bits per heavy atom. The Balaban J connectivity index is 1.99. The molecule has 0 aromatic heterocycles. The Labute approximate surface area is 161 Å².